The number of rotatable bonds is 3. The molecule has 0 aromatic heterocycles. The number of phenolic OH excluding ortho intramolecular Hbond substituents is 2. The van der Waals surface area contributed by atoms with Crippen molar-refractivity contribution in [3.8, 4) is 11.5 Å². The molecule has 0 spiro atoms. The summed E-state index contributed by atoms with van der Waals surface area (Å²) in [5.74, 6) is -2.14. The van der Waals surface area contributed by atoms with Crippen LogP contribution in [0.25, 0.3) is 0 Å². The topological polar surface area (TPSA) is 104 Å². The van der Waals surface area contributed by atoms with E-state index in [0.29, 0.717) is 5.56 Å². The molecule has 0 radical (unpaired) electrons. The number of aliphatic carboxylic acids is 1. The third-order valence-electron chi connectivity index (χ3n) is 2.86. The number of aromatic hydroxyl groups is 2. The van der Waals surface area contributed by atoms with E-state index in [4.69, 9.17) is 15.9 Å². The maximum atomic E-state index is 11.0. The third-order valence-corrected chi connectivity index (χ3v) is 2.86. The fraction of sp³-hybridized carbons (Fsp3) is 0.222. The van der Waals surface area contributed by atoms with Crippen molar-refractivity contribution >= 4 is 21.7 Å². The van der Waals surface area contributed by atoms with Gasteiger partial charge in [-0.15, -0.1) is 0 Å². The highest BCUT2D eigenvalue weighted by Crippen LogP contribution is 2.30. The largest absolute Gasteiger partial charge is 0.504 e. The van der Waals surface area contributed by atoms with Gasteiger partial charge in [-0.3, -0.25) is 4.79 Å². The Labute approximate surface area is 94.7 Å². The Hall–Kier alpha value is -1.62. The molecule has 2 atom stereocenters. The third kappa shape index (κ3) is 2.14. The summed E-state index contributed by atoms with van der Waals surface area (Å²) in [6, 6.07) is 4.15. The van der Waals surface area contributed by atoms with Gasteiger partial charge in [-0.05, 0) is 23.5 Å². The van der Waals surface area contributed by atoms with Crippen LogP contribution in [0.15, 0.2) is 18.2 Å². The predicted octanol–water partition coefficient (Wildman–Crippen LogP) is -1.86. The molecule has 1 aromatic carbocycles. The zero-order valence-electron chi connectivity index (χ0n) is 9.14. The number of carbonyl (C=O) groups is 1. The van der Waals surface area contributed by atoms with Gasteiger partial charge in [-0.1, -0.05) is 6.07 Å². The quantitative estimate of drug-likeness (QED) is 0.354. The molecule has 0 bridgehead atoms. The summed E-state index contributed by atoms with van der Waals surface area (Å²) in [5.41, 5.74) is 4.81. The molecule has 0 aliphatic heterocycles. The van der Waals surface area contributed by atoms with E-state index in [0.717, 1.165) is 0 Å². The van der Waals surface area contributed by atoms with Gasteiger partial charge in [-0.25, -0.2) is 0 Å². The molecular weight excluding hydrogens is 208 g/mol. The molecule has 0 saturated carbocycles. The molecule has 0 saturated heterocycles. The SMILES string of the molecule is BC(c1ccc(O)c(O)c1)[C@](B)(N)C(=O)O. The fourth-order valence-electron chi connectivity index (χ4n) is 1.34. The van der Waals surface area contributed by atoms with Crippen LogP contribution in [-0.4, -0.2) is 42.4 Å². The van der Waals surface area contributed by atoms with E-state index in [-0.39, 0.29) is 11.5 Å². The van der Waals surface area contributed by atoms with Gasteiger partial charge in [0.2, 0.25) is 0 Å². The second kappa shape index (κ2) is 4.09. The van der Waals surface area contributed by atoms with Gasteiger partial charge in [0, 0.05) is 0 Å². The Morgan fingerprint density at radius 1 is 1.38 bits per heavy atom. The van der Waals surface area contributed by atoms with Crippen LogP contribution >= 0.6 is 0 Å². The number of carboxylic acid groups (broad SMARTS) is 1. The maximum absolute atomic E-state index is 11.0. The van der Waals surface area contributed by atoms with Gasteiger partial charge in [0.1, 0.15) is 15.7 Å². The van der Waals surface area contributed by atoms with Crippen LogP contribution in [0.2, 0.25) is 0 Å². The first-order valence-corrected chi connectivity index (χ1v) is 4.81. The minimum atomic E-state index is -1.43. The van der Waals surface area contributed by atoms with Gasteiger partial charge >= 0.3 is 5.97 Å². The smallest absolute Gasteiger partial charge is 0.314 e. The average molecular weight is 221 g/mol. The van der Waals surface area contributed by atoms with Gasteiger partial charge < -0.3 is 21.1 Å². The lowest BCUT2D eigenvalue weighted by Gasteiger charge is -2.27. The van der Waals surface area contributed by atoms with E-state index < -0.39 is 17.2 Å². The first-order valence-electron chi connectivity index (χ1n) is 4.81. The van der Waals surface area contributed by atoms with Gasteiger partial charge in [0.25, 0.3) is 0 Å². The van der Waals surface area contributed by atoms with Crippen molar-refractivity contribution in [1.82, 2.24) is 0 Å². The molecule has 0 amide bonds. The van der Waals surface area contributed by atoms with Crippen molar-refractivity contribution < 1.29 is 20.1 Å². The minimum absolute atomic E-state index is 0.245. The highest BCUT2D eigenvalue weighted by atomic mass is 16.4. The van der Waals surface area contributed by atoms with Crippen molar-refractivity contribution in [1.29, 1.82) is 0 Å². The monoisotopic (exact) mass is 221 g/mol. The summed E-state index contributed by atoms with van der Waals surface area (Å²) in [5, 5.41) is 27.4. The first kappa shape index (κ1) is 12.4. The number of hydrogen-bond acceptors (Lipinski definition) is 4. The van der Waals surface area contributed by atoms with Crippen molar-refractivity contribution in [2.75, 3.05) is 0 Å². The Morgan fingerprint density at radius 3 is 2.38 bits per heavy atom. The normalized spacial score (nSPS) is 16.3. The molecule has 0 aliphatic carbocycles. The van der Waals surface area contributed by atoms with E-state index in [1.165, 1.54) is 26.0 Å². The molecule has 1 unspecified atom stereocenters. The van der Waals surface area contributed by atoms with Crippen molar-refractivity contribution in [3.05, 3.63) is 23.8 Å². The van der Waals surface area contributed by atoms with Crippen molar-refractivity contribution in [3.63, 3.8) is 0 Å². The Kier molecular flexibility index (Phi) is 3.19. The summed E-state index contributed by atoms with van der Waals surface area (Å²) < 4.78 is 0. The highest BCUT2D eigenvalue weighted by molar-refractivity contribution is 6.33. The molecule has 1 rings (SSSR count). The second-order valence-electron chi connectivity index (χ2n) is 4.06. The van der Waals surface area contributed by atoms with Crippen LogP contribution in [0.1, 0.15) is 11.4 Å². The summed E-state index contributed by atoms with van der Waals surface area (Å²) in [7, 11) is 3.06. The van der Waals surface area contributed by atoms with Gasteiger partial charge in [0.05, 0.1) is 5.44 Å². The molecule has 84 valence electrons. The van der Waals surface area contributed by atoms with Crippen molar-refractivity contribution in [2.24, 2.45) is 5.73 Å². The van der Waals surface area contributed by atoms with Crippen molar-refractivity contribution in [2.45, 2.75) is 11.3 Å². The Balaban J connectivity index is 3.10. The number of benzene rings is 1. The van der Waals surface area contributed by atoms with E-state index in [1.54, 1.807) is 7.85 Å². The summed E-state index contributed by atoms with van der Waals surface area (Å²) in [6.07, 6.45) is 0. The molecular formula is C9H13B2NO4. The van der Waals surface area contributed by atoms with E-state index in [1.807, 2.05) is 0 Å². The van der Waals surface area contributed by atoms with E-state index in [2.05, 4.69) is 0 Å². The van der Waals surface area contributed by atoms with Crippen LogP contribution < -0.4 is 5.73 Å². The molecule has 7 heteroatoms. The number of hydrogen-bond donors (Lipinski definition) is 4. The van der Waals surface area contributed by atoms with Crippen LogP contribution in [0.4, 0.5) is 0 Å². The molecule has 0 fully saturated rings. The van der Waals surface area contributed by atoms with E-state index in [9.17, 15) is 9.90 Å². The molecule has 16 heavy (non-hydrogen) atoms. The minimum Gasteiger partial charge on any atom is -0.504 e. The lowest BCUT2D eigenvalue weighted by Crippen LogP contribution is -2.53. The summed E-state index contributed by atoms with van der Waals surface area (Å²) in [4.78, 5) is 11.0. The van der Waals surface area contributed by atoms with Crippen LogP contribution in [0, 0.1) is 0 Å². The molecule has 0 aliphatic rings. The van der Waals surface area contributed by atoms with Crippen LogP contribution in [-0.2, 0) is 4.79 Å². The summed E-state index contributed by atoms with van der Waals surface area (Å²) >= 11 is 0. The van der Waals surface area contributed by atoms with Gasteiger partial charge in [-0.2, -0.15) is 0 Å². The first-order chi connectivity index (χ1) is 7.26. The average Bonchev–Trinajstić information content (AvgIpc) is 2.20. The Bertz CT molecular complexity index is 422. The molecule has 1 aromatic rings. The Morgan fingerprint density at radius 2 is 1.94 bits per heavy atom. The number of phenols is 2. The lowest BCUT2D eigenvalue weighted by molar-refractivity contribution is -0.140. The van der Waals surface area contributed by atoms with Gasteiger partial charge in [0.15, 0.2) is 11.5 Å². The summed E-state index contributed by atoms with van der Waals surface area (Å²) in [6.45, 7) is 0. The molecule has 5 nitrogen and oxygen atoms in total. The highest BCUT2D eigenvalue weighted by Gasteiger charge is 2.35. The zero-order chi connectivity index (χ0) is 12.5. The maximum Gasteiger partial charge on any atom is 0.314 e. The van der Waals surface area contributed by atoms with Crippen LogP contribution in [0.5, 0.6) is 11.5 Å². The number of carboxylic acids is 1. The predicted molar refractivity (Wildman–Crippen MR) is 64.2 cm³/mol. The fourth-order valence-corrected chi connectivity index (χ4v) is 1.34. The number of nitrogens with two attached hydrogens (primary N) is 1. The zero-order valence-corrected chi connectivity index (χ0v) is 9.14. The standard InChI is InChI=1S/C9H13B2NO4/c10-7(9(11,12)8(15)16)4-1-2-5(13)6(14)3-4/h1-3,7,13-14H,10-12H2,(H,15,16)/t7?,9-/m0/s1. The van der Waals surface area contributed by atoms with E-state index >= 15 is 0 Å². The molecule has 5 N–H and O–H groups in total. The lowest BCUT2D eigenvalue weighted by atomic mass is 9.58. The van der Waals surface area contributed by atoms with Crippen LogP contribution in [0.3, 0.4) is 0 Å². The molecule has 0 heterocycles. The second-order valence-corrected chi connectivity index (χ2v) is 4.06.